The lowest BCUT2D eigenvalue weighted by Gasteiger charge is -2.11. The molecule has 2 aromatic carbocycles. The van der Waals surface area contributed by atoms with Crippen molar-refractivity contribution in [3.8, 4) is 23.0 Å². The number of methoxy groups -OCH3 is 1. The Balaban J connectivity index is 1.61. The van der Waals surface area contributed by atoms with Crippen LogP contribution in [0.2, 0.25) is 0 Å². The Morgan fingerprint density at radius 2 is 1.80 bits per heavy atom. The van der Waals surface area contributed by atoms with E-state index < -0.39 is 15.9 Å². The molecule has 0 atom stereocenters. The summed E-state index contributed by atoms with van der Waals surface area (Å²) < 4.78 is 41.2. The van der Waals surface area contributed by atoms with Crippen molar-refractivity contribution in [3.05, 3.63) is 48.5 Å². The Bertz CT molecular complexity index is 1130. The van der Waals surface area contributed by atoms with Crippen LogP contribution in [0.15, 0.2) is 57.8 Å². The van der Waals surface area contributed by atoms with Crippen LogP contribution >= 0.6 is 0 Å². The minimum Gasteiger partial charge on any atom is -0.497 e. The maximum atomic E-state index is 12.1. The molecule has 0 aliphatic carbocycles. The Morgan fingerprint density at radius 3 is 2.47 bits per heavy atom. The molecule has 0 bridgehead atoms. The van der Waals surface area contributed by atoms with Gasteiger partial charge in [0.15, 0.2) is 6.61 Å². The fourth-order valence-corrected chi connectivity index (χ4v) is 3.27. The minimum atomic E-state index is -3.53. The summed E-state index contributed by atoms with van der Waals surface area (Å²) in [5.74, 6) is 0.732. The van der Waals surface area contributed by atoms with Gasteiger partial charge in [-0.3, -0.25) is 10.1 Å². The van der Waals surface area contributed by atoms with E-state index in [4.69, 9.17) is 13.9 Å². The third-order valence-corrected chi connectivity index (χ3v) is 5.79. The highest BCUT2D eigenvalue weighted by Crippen LogP contribution is 2.23. The van der Waals surface area contributed by atoms with Gasteiger partial charge in [-0.25, -0.2) is 12.7 Å². The summed E-state index contributed by atoms with van der Waals surface area (Å²) in [7, 11) is 0.908. The number of carbonyl (C=O) groups excluding carboxylic acids is 1. The number of benzene rings is 2. The molecule has 1 amide bonds. The molecule has 1 heterocycles. The molecule has 3 rings (SSSR count). The largest absolute Gasteiger partial charge is 0.497 e. The molecule has 11 heteroatoms. The molecule has 0 aliphatic heterocycles. The van der Waals surface area contributed by atoms with E-state index in [2.05, 4.69) is 15.5 Å². The second-order valence-corrected chi connectivity index (χ2v) is 8.39. The van der Waals surface area contributed by atoms with E-state index in [-0.39, 0.29) is 23.4 Å². The summed E-state index contributed by atoms with van der Waals surface area (Å²) in [6.45, 7) is -0.262. The van der Waals surface area contributed by atoms with E-state index in [1.54, 1.807) is 36.4 Å². The summed E-state index contributed by atoms with van der Waals surface area (Å²) in [4.78, 5) is 12.2. The highest BCUT2D eigenvalue weighted by molar-refractivity contribution is 7.89. The van der Waals surface area contributed by atoms with Crippen LogP contribution in [-0.2, 0) is 14.8 Å². The van der Waals surface area contributed by atoms with Gasteiger partial charge in [-0.15, -0.1) is 5.10 Å². The number of rotatable bonds is 8. The highest BCUT2D eigenvalue weighted by atomic mass is 32.2. The second kappa shape index (κ2) is 8.93. The summed E-state index contributed by atoms with van der Waals surface area (Å²) in [6, 6.07) is 12.7. The van der Waals surface area contributed by atoms with E-state index in [1.165, 1.54) is 33.3 Å². The molecule has 1 aromatic heterocycles. The number of hydrogen-bond acceptors (Lipinski definition) is 8. The monoisotopic (exact) mass is 432 g/mol. The van der Waals surface area contributed by atoms with Crippen LogP contribution in [0, 0.1) is 0 Å². The van der Waals surface area contributed by atoms with E-state index in [0.29, 0.717) is 17.1 Å². The Hall–Kier alpha value is -3.44. The number of amides is 1. The fourth-order valence-electron chi connectivity index (χ4n) is 2.37. The zero-order valence-electron chi connectivity index (χ0n) is 16.5. The first-order valence-corrected chi connectivity index (χ1v) is 10.2. The molecule has 0 fully saturated rings. The second-order valence-electron chi connectivity index (χ2n) is 6.24. The molecule has 0 saturated heterocycles. The molecule has 158 valence electrons. The average Bonchev–Trinajstić information content (AvgIpc) is 3.20. The molecule has 0 unspecified atom stereocenters. The summed E-state index contributed by atoms with van der Waals surface area (Å²) in [5.41, 5.74) is 0.508. The molecule has 10 nitrogen and oxygen atoms in total. The SMILES string of the molecule is COc1cccc(OCC(=O)Nc2nnc(-c3ccc(S(=O)(=O)N(C)C)cc3)o2)c1. The quantitative estimate of drug-likeness (QED) is 0.573. The van der Waals surface area contributed by atoms with Crippen molar-refractivity contribution in [3.63, 3.8) is 0 Å². The zero-order chi connectivity index (χ0) is 21.7. The number of ether oxygens (including phenoxy) is 2. The van der Waals surface area contributed by atoms with Crippen LogP contribution in [0.4, 0.5) is 6.01 Å². The van der Waals surface area contributed by atoms with Gasteiger partial charge < -0.3 is 13.9 Å². The van der Waals surface area contributed by atoms with Crippen LogP contribution in [0.5, 0.6) is 11.5 Å². The molecule has 30 heavy (non-hydrogen) atoms. The van der Waals surface area contributed by atoms with E-state index in [0.717, 1.165) is 4.31 Å². The molecule has 0 saturated carbocycles. The van der Waals surface area contributed by atoms with Crippen molar-refractivity contribution in [2.24, 2.45) is 0 Å². The van der Waals surface area contributed by atoms with Gasteiger partial charge in [-0.1, -0.05) is 11.2 Å². The van der Waals surface area contributed by atoms with Crippen LogP contribution < -0.4 is 14.8 Å². The number of aromatic nitrogens is 2. The van der Waals surface area contributed by atoms with Crippen molar-refractivity contribution in [2.75, 3.05) is 33.1 Å². The zero-order valence-corrected chi connectivity index (χ0v) is 17.3. The van der Waals surface area contributed by atoms with Crippen molar-refractivity contribution in [1.82, 2.24) is 14.5 Å². The van der Waals surface area contributed by atoms with Crippen molar-refractivity contribution in [1.29, 1.82) is 0 Å². The molecule has 3 aromatic rings. The first kappa shape index (κ1) is 21.3. The molecule has 1 N–H and O–H groups in total. The smallest absolute Gasteiger partial charge is 0.322 e. The lowest BCUT2D eigenvalue weighted by Crippen LogP contribution is -2.22. The van der Waals surface area contributed by atoms with E-state index >= 15 is 0 Å². The van der Waals surface area contributed by atoms with Gasteiger partial charge in [-0.05, 0) is 36.4 Å². The first-order chi connectivity index (χ1) is 14.3. The summed E-state index contributed by atoms with van der Waals surface area (Å²) in [5, 5.41) is 10.1. The van der Waals surface area contributed by atoms with Gasteiger partial charge in [-0.2, -0.15) is 0 Å². The lowest BCUT2D eigenvalue weighted by molar-refractivity contribution is -0.118. The van der Waals surface area contributed by atoms with Crippen molar-refractivity contribution < 1.29 is 27.1 Å². The molecule has 0 aliphatic rings. The summed E-state index contributed by atoms with van der Waals surface area (Å²) in [6.07, 6.45) is 0. The minimum absolute atomic E-state index is 0.103. The Labute approximate surface area is 173 Å². The van der Waals surface area contributed by atoms with Gasteiger partial charge in [0, 0.05) is 25.7 Å². The van der Waals surface area contributed by atoms with Crippen molar-refractivity contribution >= 4 is 21.9 Å². The molecular weight excluding hydrogens is 412 g/mol. The normalized spacial score (nSPS) is 11.3. The third kappa shape index (κ3) is 4.93. The van der Waals surface area contributed by atoms with E-state index in [9.17, 15) is 13.2 Å². The lowest BCUT2D eigenvalue weighted by atomic mass is 10.2. The Morgan fingerprint density at radius 1 is 1.10 bits per heavy atom. The number of carbonyl (C=O) groups is 1. The highest BCUT2D eigenvalue weighted by Gasteiger charge is 2.18. The average molecular weight is 432 g/mol. The molecule has 0 radical (unpaired) electrons. The topological polar surface area (TPSA) is 124 Å². The van der Waals surface area contributed by atoms with Gasteiger partial charge in [0.25, 0.3) is 5.91 Å². The summed E-state index contributed by atoms with van der Waals surface area (Å²) >= 11 is 0. The Kier molecular flexibility index (Phi) is 6.33. The standard InChI is InChI=1S/C19H20N4O6S/c1-23(2)30(25,26)16-9-7-13(8-10-16)18-21-22-19(29-18)20-17(24)12-28-15-6-4-5-14(11-15)27-3/h4-11H,12H2,1-3H3,(H,20,22,24). The number of nitrogens with one attached hydrogen (secondary N) is 1. The maximum Gasteiger partial charge on any atom is 0.322 e. The van der Waals surface area contributed by atoms with Crippen molar-refractivity contribution in [2.45, 2.75) is 4.90 Å². The van der Waals surface area contributed by atoms with Crippen LogP contribution in [0.1, 0.15) is 0 Å². The maximum absolute atomic E-state index is 12.1. The fraction of sp³-hybridized carbons (Fsp3) is 0.211. The number of nitrogens with zero attached hydrogens (tertiary/aromatic N) is 3. The molecular formula is C19H20N4O6S. The van der Waals surface area contributed by atoms with Crippen LogP contribution in [0.3, 0.4) is 0 Å². The van der Waals surface area contributed by atoms with Crippen LogP contribution in [0.25, 0.3) is 11.5 Å². The third-order valence-electron chi connectivity index (χ3n) is 3.96. The molecule has 0 spiro atoms. The predicted octanol–water partition coefficient (Wildman–Crippen LogP) is 2.01. The number of hydrogen-bond donors (Lipinski definition) is 1. The van der Waals surface area contributed by atoms with E-state index in [1.807, 2.05) is 0 Å². The van der Waals surface area contributed by atoms with Gasteiger partial charge in [0.1, 0.15) is 11.5 Å². The predicted molar refractivity (Wildman–Crippen MR) is 108 cm³/mol. The van der Waals surface area contributed by atoms with Gasteiger partial charge in [0.2, 0.25) is 15.9 Å². The van der Waals surface area contributed by atoms with Gasteiger partial charge >= 0.3 is 6.01 Å². The van der Waals surface area contributed by atoms with Crippen LogP contribution in [-0.4, -0.2) is 56.6 Å². The number of sulfonamides is 1. The van der Waals surface area contributed by atoms with Gasteiger partial charge in [0.05, 0.1) is 12.0 Å². The first-order valence-electron chi connectivity index (χ1n) is 8.73. The number of anilines is 1.